The molecule has 0 bridgehead atoms. The smallest absolute Gasteiger partial charge is 0.305 e. The lowest BCUT2D eigenvalue weighted by Crippen LogP contribution is -2.45. The van der Waals surface area contributed by atoms with Gasteiger partial charge in [-0.1, -0.05) is 321 Å². The van der Waals surface area contributed by atoms with Crippen LogP contribution in [-0.4, -0.2) is 47.4 Å². The van der Waals surface area contributed by atoms with E-state index in [9.17, 15) is 19.8 Å². The van der Waals surface area contributed by atoms with Crippen LogP contribution in [0.3, 0.4) is 0 Å². The average Bonchev–Trinajstić information content (AvgIpc) is 3.39. The van der Waals surface area contributed by atoms with Gasteiger partial charge < -0.3 is 20.3 Å². The first-order valence-corrected chi connectivity index (χ1v) is 33.1. The summed E-state index contributed by atoms with van der Waals surface area (Å²) in [5.74, 6) is -0.0573. The van der Waals surface area contributed by atoms with Crippen molar-refractivity contribution in [2.45, 2.75) is 379 Å². The number of hydrogen-bond donors (Lipinski definition) is 3. The first-order chi connectivity index (χ1) is 36.0. The van der Waals surface area contributed by atoms with Crippen molar-refractivity contribution in [3.8, 4) is 0 Å². The molecule has 2 atom stereocenters. The molecule has 73 heavy (non-hydrogen) atoms. The molecule has 0 fully saturated rings. The van der Waals surface area contributed by atoms with Gasteiger partial charge in [-0.2, -0.15) is 0 Å². The Morgan fingerprint density at radius 2 is 0.644 bits per heavy atom. The zero-order chi connectivity index (χ0) is 52.9. The molecule has 0 heterocycles. The van der Waals surface area contributed by atoms with Crippen molar-refractivity contribution in [3.63, 3.8) is 0 Å². The molecule has 0 aromatic rings. The molecule has 2 unspecified atom stereocenters. The quantitative estimate of drug-likeness (QED) is 0.0320. The number of amides is 1. The second kappa shape index (κ2) is 62.9. The van der Waals surface area contributed by atoms with Crippen LogP contribution in [0.4, 0.5) is 0 Å². The van der Waals surface area contributed by atoms with E-state index in [4.69, 9.17) is 4.74 Å². The molecule has 6 heteroatoms. The number of esters is 1. The van der Waals surface area contributed by atoms with Gasteiger partial charge >= 0.3 is 5.97 Å². The summed E-state index contributed by atoms with van der Waals surface area (Å²) in [5, 5.41) is 23.2. The van der Waals surface area contributed by atoms with Gasteiger partial charge in [-0.15, -0.1) is 0 Å². The fourth-order valence-electron chi connectivity index (χ4n) is 10.4. The van der Waals surface area contributed by atoms with Gasteiger partial charge in [0.1, 0.15) is 0 Å². The first kappa shape index (κ1) is 71.3. The van der Waals surface area contributed by atoms with E-state index < -0.39 is 12.1 Å². The van der Waals surface area contributed by atoms with Gasteiger partial charge in [0.05, 0.1) is 25.4 Å². The molecule has 0 aliphatic heterocycles. The van der Waals surface area contributed by atoms with Crippen molar-refractivity contribution in [1.29, 1.82) is 0 Å². The van der Waals surface area contributed by atoms with Crippen molar-refractivity contribution in [3.05, 3.63) is 24.3 Å². The van der Waals surface area contributed by atoms with Crippen molar-refractivity contribution >= 4 is 11.9 Å². The van der Waals surface area contributed by atoms with E-state index in [1.165, 1.54) is 295 Å². The van der Waals surface area contributed by atoms with Crippen LogP contribution >= 0.6 is 0 Å². The van der Waals surface area contributed by atoms with Gasteiger partial charge in [0.25, 0.3) is 0 Å². The minimum Gasteiger partial charge on any atom is -0.466 e. The number of nitrogens with one attached hydrogen (secondary N) is 1. The molecule has 1 amide bonds. The zero-order valence-electron chi connectivity index (χ0n) is 49.4. The second-order valence-corrected chi connectivity index (χ2v) is 22.8. The molecule has 3 N–H and O–H groups in total. The van der Waals surface area contributed by atoms with Gasteiger partial charge in [-0.25, -0.2) is 0 Å². The highest BCUT2D eigenvalue weighted by molar-refractivity contribution is 5.76. The fraction of sp³-hybridized carbons (Fsp3) is 0.910. The highest BCUT2D eigenvalue weighted by Crippen LogP contribution is 2.18. The lowest BCUT2D eigenvalue weighted by molar-refractivity contribution is -0.143. The van der Waals surface area contributed by atoms with E-state index in [1.807, 2.05) is 6.08 Å². The zero-order valence-corrected chi connectivity index (χ0v) is 49.4. The SMILES string of the molecule is CCCCCCCC/C=C\CCCCCCCCCC(=O)OCCCCCCCCCCCCCCCCCCCCCCCC(=O)NC(CO)C(O)/C=C/CCCCCCCCCCCCCCCCCC. The Hall–Kier alpha value is -1.66. The lowest BCUT2D eigenvalue weighted by Gasteiger charge is -2.20. The fourth-order valence-corrected chi connectivity index (χ4v) is 10.4. The summed E-state index contributed by atoms with van der Waals surface area (Å²) in [5.41, 5.74) is 0. The van der Waals surface area contributed by atoms with E-state index in [0.717, 1.165) is 44.9 Å². The lowest BCUT2D eigenvalue weighted by atomic mass is 10.0. The van der Waals surface area contributed by atoms with Gasteiger partial charge in [0.2, 0.25) is 5.91 Å². The van der Waals surface area contributed by atoms with E-state index in [0.29, 0.717) is 19.4 Å². The molecule has 0 aliphatic carbocycles. The number of rotatable bonds is 62. The number of allylic oxidation sites excluding steroid dienone is 3. The van der Waals surface area contributed by atoms with Crippen LogP contribution in [0.1, 0.15) is 367 Å². The van der Waals surface area contributed by atoms with Gasteiger partial charge in [-0.05, 0) is 57.8 Å². The largest absolute Gasteiger partial charge is 0.466 e. The normalized spacial score (nSPS) is 12.7. The Kier molecular flexibility index (Phi) is 61.4. The molecule has 432 valence electrons. The molecular weight excluding hydrogens is 899 g/mol. The third-order valence-corrected chi connectivity index (χ3v) is 15.5. The van der Waals surface area contributed by atoms with Crippen LogP contribution in [0.25, 0.3) is 0 Å². The Labute approximate surface area is 456 Å². The first-order valence-electron chi connectivity index (χ1n) is 33.1. The molecule has 0 radical (unpaired) electrons. The minimum absolute atomic E-state index is 0.00872. The number of ether oxygens (including phenoxy) is 1. The van der Waals surface area contributed by atoms with Gasteiger partial charge in [0.15, 0.2) is 0 Å². The monoisotopic (exact) mass is 1030 g/mol. The van der Waals surface area contributed by atoms with Crippen LogP contribution in [0.2, 0.25) is 0 Å². The highest BCUT2D eigenvalue weighted by Gasteiger charge is 2.18. The number of carbonyl (C=O) groups is 2. The topological polar surface area (TPSA) is 95.9 Å². The van der Waals surface area contributed by atoms with Crippen molar-refractivity contribution in [1.82, 2.24) is 5.32 Å². The summed E-state index contributed by atoms with van der Waals surface area (Å²) < 4.78 is 5.50. The summed E-state index contributed by atoms with van der Waals surface area (Å²) >= 11 is 0. The standard InChI is InChI=1S/C67H129NO5/c1-3-5-7-9-11-13-15-17-19-21-28-31-35-39-43-47-51-55-59-65(70)64(63-69)68-66(71)60-56-52-48-44-40-36-32-29-25-23-22-24-26-30-34-38-42-46-50-54-58-62-73-67(72)61-57-53-49-45-41-37-33-27-20-18-16-14-12-10-8-6-4-2/h18,20,55,59,64-65,69-70H,3-17,19,21-54,56-58,60-63H2,1-2H3,(H,68,71)/b20-18-,59-55+. The summed E-state index contributed by atoms with van der Waals surface area (Å²) in [6, 6.07) is -0.629. The highest BCUT2D eigenvalue weighted by atomic mass is 16.5. The Morgan fingerprint density at radius 3 is 0.973 bits per heavy atom. The molecule has 0 rings (SSSR count). The second-order valence-electron chi connectivity index (χ2n) is 22.8. The van der Waals surface area contributed by atoms with Crippen molar-refractivity contribution < 1.29 is 24.5 Å². The average molecular weight is 1030 g/mol. The number of carbonyl (C=O) groups excluding carboxylic acids is 2. The van der Waals surface area contributed by atoms with Crippen LogP contribution in [0.5, 0.6) is 0 Å². The molecule has 0 saturated heterocycles. The number of aliphatic hydroxyl groups is 2. The molecule has 0 saturated carbocycles. The Morgan fingerprint density at radius 1 is 0.370 bits per heavy atom. The molecule has 6 nitrogen and oxygen atoms in total. The Bertz CT molecular complexity index is 1140. The molecule has 0 spiro atoms. The van der Waals surface area contributed by atoms with E-state index >= 15 is 0 Å². The van der Waals surface area contributed by atoms with Crippen molar-refractivity contribution in [2.75, 3.05) is 13.2 Å². The number of aliphatic hydroxyl groups excluding tert-OH is 2. The molecule has 0 aromatic carbocycles. The van der Waals surface area contributed by atoms with Crippen LogP contribution < -0.4 is 5.32 Å². The summed E-state index contributed by atoms with van der Waals surface area (Å²) in [4.78, 5) is 24.6. The molecule has 0 aliphatic rings. The number of hydrogen-bond acceptors (Lipinski definition) is 5. The van der Waals surface area contributed by atoms with E-state index in [1.54, 1.807) is 6.08 Å². The molecular formula is C67H129NO5. The third-order valence-electron chi connectivity index (χ3n) is 15.5. The summed E-state index contributed by atoms with van der Waals surface area (Å²) in [6.07, 6.45) is 78.0. The van der Waals surface area contributed by atoms with E-state index in [2.05, 4.69) is 31.3 Å². The summed E-state index contributed by atoms with van der Waals surface area (Å²) in [6.45, 7) is 4.93. The van der Waals surface area contributed by atoms with Gasteiger partial charge in [-0.3, -0.25) is 9.59 Å². The predicted octanol–water partition coefficient (Wildman–Crippen LogP) is 21.0. The van der Waals surface area contributed by atoms with E-state index in [-0.39, 0.29) is 18.5 Å². The van der Waals surface area contributed by atoms with Crippen LogP contribution in [-0.2, 0) is 14.3 Å². The maximum atomic E-state index is 12.5. The number of unbranched alkanes of at least 4 members (excludes halogenated alkanes) is 49. The minimum atomic E-state index is -0.845. The predicted molar refractivity (Wildman–Crippen MR) is 320 cm³/mol. The van der Waals surface area contributed by atoms with Crippen LogP contribution in [0.15, 0.2) is 24.3 Å². The maximum absolute atomic E-state index is 12.5. The Balaban J connectivity index is 3.40. The van der Waals surface area contributed by atoms with Gasteiger partial charge in [0, 0.05) is 12.8 Å². The van der Waals surface area contributed by atoms with Crippen molar-refractivity contribution in [2.24, 2.45) is 0 Å². The summed E-state index contributed by atoms with van der Waals surface area (Å²) in [7, 11) is 0. The third kappa shape index (κ3) is 59.4. The molecule has 0 aromatic heterocycles. The maximum Gasteiger partial charge on any atom is 0.305 e. The van der Waals surface area contributed by atoms with Crippen LogP contribution in [0, 0.1) is 0 Å².